The summed E-state index contributed by atoms with van der Waals surface area (Å²) in [6.07, 6.45) is 2.06. The van der Waals surface area contributed by atoms with Crippen molar-refractivity contribution in [1.29, 1.82) is 0 Å². The Morgan fingerprint density at radius 1 is 1.70 bits per heavy atom. The number of nitrogens with zero attached hydrogens (tertiary/aromatic N) is 1. The first-order chi connectivity index (χ1) is 4.74. The predicted octanol–water partition coefficient (Wildman–Crippen LogP) is 0.463. The van der Waals surface area contributed by atoms with Crippen LogP contribution >= 0.6 is 0 Å². The quantitative estimate of drug-likeness (QED) is 0.573. The molecule has 2 aliphatic rings. The molecule has 0 bridgehead atoms. The van der Waals surface area contributed by atoms with Crippen LogP contribution in [0.2, 0.25) is 0 Å². The number of hydrogen-bond acceptors (Lipinski definition) is 2. The zero-order chi connectivity index (χ0) is 7.19. The van der Waals surface area contributed by atoms with Gasteiger partial charge in [0, 0.05) is 19.0 Å². The minimum absolute atomic E-state index is 0.217. The van der Waals surface area contributed by atoms with Gasteiger partial charge >= 0.3 is 0 Å². The van der Waals surface area contributed by atoms with Gasteiger partial charge in [-0.25, -0.2) is 0 Å². The Bertz CT molecular complexity index is 148. The molecule has 0 radical (unpaired) electrons. The van der Waals surface area contributed by atoms with Crippen molar-refractivity contribution in [2.24, 2.45) is 5.92 Å². The molecule has 0 aromatic carbocycles. The Kier molecular flexibility index (Phi) is 1.29. The van der Waals surface area contributed by atoms with Crippen LogP contribution in [0.4, 0.5) is 0 Å². The molecule has 1 aliphatic heterocycles. The largest absolute Gasteiger partial charge is 0.389 e. The van der Waals surface area contributed by atoms with Gasteiger partial charge in [-0.15, -0.1) is 0 Å². The molecule has 1 aliphatic carbocycles. The molecule has 0 unspecified atom stereocenters. The van der Waals surface area contributed by atoms with Gasteiger partial charge in [-0.1, -0.05) is 6.92 Å². The minimum atomic E-state index is -0.217. The third-order valence-electron chi connectivity index (χ3n) is 2.99. The van der Waals surface area contributed by atoms with Crippen molar-refractivity contribution in [2.45, 2.75) is 25.4 Å². The molecule has 2 atom stereocenters. The predicted molar refractivity (Wildman–Crippen MR) is 39.8 cm³/mol. The second-order valence-corrected chi connectivity index (χ2v) is 3.65. The lowest BCUT2D eigenvalue weighted by Crippen LogP contribution is -2.36. The molecule has 1 N–H and O–H groups in total. The van der Waals surface area contributed by atoms with Gasteiger partial charge in [-0.2, -0.15) is 0 Å². The molecule has 1 saturated heterocycles. The van der Waals surface area contributed by atoms with Gasteiger partial charge < -0.3 is 10.0 Å². The zero-order valence-electron chi connectivity index (χ0n) is 6.51. The minimum Gasteiger partial charge on any atom is -0.389 e. The summed E-state index contributed by atoms with van der Waals surface area (Å²) < 4.78 is 0. The molecule has 1 saturated carbocycles. The molecule has 0 amide bonds. The molecule has 2 nitrogen and oxygen atoms in total. The molecular weight excluding hydrogens is 126 g/mol. The third kappa shape index (κ3) is 0.867. The topological polar surface area (TPSA) is 23.5 Å². The van der Waals surface area contributed by atoms with Crippen LogP contribution in [0.25, 0.3) is 0 Å². The van der Waals surface area contributed by atoms with E-state index in [1.54, 1.807) is 0 Å². The fraction of sp³-hybridized carbons (Fsp3) is 1.00. The van der Waals surface area contributed by atoms with Crippen molar-refractivity contribution in [3.05, 3.63) is 0 Å². The number of piperidine rings is 1. The van der Waals surface area contributed by atoms with E-state index in [1.165, 1.54) is 0 Å². The second-order valence-electron chi connectivity index (χ2n) is 3.65. The van der Waals surface area contributed by atoms with E-state index in [1.807, 2.05) is 0 Å². The lowest BCUT2D eigenvalue weighted by atomic mass is 10.1. The number of aliphatic hydroxyl groups is 1. The highest BCUT2D eigenvalue weighted by atomic mass is 16.3. The molecule has 10 heavy (non-hydrogen) atoms. The lowest BCUT2D eigenvalue weighted by molar-refractivity contribution is 0.0666. The smallest absolute Gasteiger partial charge is 0.0705 e. The Morgan fingerprint density at radius 2 is 2.50 bits per heavy atom. The molecule has 0 aromatic heterocycles. The van der Waals surface area contributed by atoms with Crippen molar-refractivity contribution in [3.8, 4) is 0 Å². The lowest BCUT2D eigenvalue weighted by Gasteiger charge is -2.27. The first-order valence-electron chi connectivity index (χ1n) is 4.19. The van der Waals surface area contributed by atoms with E-state index >= 15 is 0 Å². The number of hydrogen-bond donors (Lipinski definition) is 1. The Balaban J connectivity index is 1.93. The Labute approximate surface area is 61.8 Å². The van der Waals surface area contributed by atoms with Crippen molar-refractivity contribution >= 4 is 0 Å². The number of likely N-dealkylation sites (tertiary alicyclic amines) is 1. The van der Waals surface area contributed by atoms with Crippen LogP contribution in [-0.2, 0) is 0 Å². The van der Waals surface area contributed by atoms with Gasteiger partial charge in [-0.3, -0.25) is 0 Å². The number of fused-ring (bicyclic) bond motifs is 1. The van der Waals surface area contributed by atoms with Crippen LogP contribution in [0.5, 0.6) is 0 Å². The van der Waals surface area contributed by atoms with Crippen LogP contribution in [0.15, 0.2) is 0 Å². The summed E-state index contributed by atoms with van der Waals surface area (Å²) in [4.78, 5) is 2.42. The van der Waals surface area contributed by atoms with Gasteiger partial charge in [0.15, 0.2) is 0 Å². The van der Waals surface area contributed by atoms with Crippen molar-refractivity contribution in [3.63, 3.8) is 0 Å². The van der Waals surface area contributed by atoms with Gasteiger partial charge in [0.05, 0.1) is 5.60 Å². The van der Waals surface area contributed by atoms with E-state index < -0.39 is 0 Å². The normalized spacial score (nSPS) is 46.8. The van der Waals surface area contributed by atoms with E-state index in [0.717, 1.165) is 32.5 Å². The first kappa shape index (κ1) is 6.62. The molecular formula is C8H15NO. The summed E-state index contributed by atoms with van der Waals surface area (Å²) >= 11 is 0. The molecule has 2 rings (SSSR count). The van der Waals surface area contributed by atoms with Gasteiger partial charge in [0.25, 0.3) is 0 Å². The molecule has 1 heterocycles. The zero-order valence-corrected chi connectivity index (χ0v) is 6.51. The summed E-state index contributed by atoms with van der Waals surface area (Å²) in [5.41, 5.74) is -0.217. The third-order valence-corrected chi connectivity index (χ3v) is 2.99. The highest BCUT2D eigenvalue weighted by molar-refractivity contribution is 5.07. The van der Waals surface area contributed by atoms with E-state index in [9.17, 15) is 5.11 Å². The SMILES string of the molecule is CCN1CC[C@@]2(O)C[C@H]2C1. The summed E-state index contributed by atoms with van der Waals surface area (Å²) in [5.74, 6) is 0.612. The van der Waals surface area contributed by atoms with Crippen molar-refractivity contribution < 1.29 is 5.11 Å². The highest BCUT2D eigenvalue weighted by Gasteiger charge is 2.54. The van der Waals surface area contributed by atoms with E-state index in [4.69, 9.17) is 0 Å². The maximum atomic E-state index is 9.64. The monoisotopic (exact) mass is 141 g/mol. The van der Waals surface area contributed by atoms with E-state index in [-0.39, 0.29) is 5.60 Å². The van der Waals surface area contributed by atoms with Crippen LogP contribution in [0, 0.1) is 5.92 Å². The van der Waals surface area contributed by atoms with Gasteiger partial charge in [-0.05, 0) is 19.4 Å². The molecule has 58 valence electrons. The van der Waals surface area contributed by atoms with E-state index in [2.05, 4.69) is 11.8 Å². The second kappa shape index (κ2) is 1.95. The average molecular weight is 141 g/mol. The van der Waals surface area contributed by atoms with Crippen LogP contribution in [0.1, 0.15) is 19.8 Å². The summed E-state index contributed by atoms with van der Waals surface area (Å²) in [5, 5.41) is 9.64. The van der Waals surface area contributed by atoms with Crippen LogP contribution in [-0.4, -0.2) is 35.2 Å². The van der Waals surface area contributed by atoms with Gasteiger partial charge in [0.2, 0.25) is 0 Å². The first-order valence-corrected chi connectivity index (χ1v) is 4.19. The Morgan fingerprint density at radius 3 is 3.10 bits per heavy atom. The molecule has 2 heteroatoms. The summed E-state index contributed by atoms with van der Waals surface area (Å²) in [7, 11) is 0. The fourth-order valence-electron chi connectivity index (χ4n) is 1.95. The fourth-order valence-corrected chi connectivity index (χ4v) is 1.95. The van der Waals surface area contributed by atoms with E-state index in [0.29, 0.717) is 5.92 Å². The number of rotatable bonds is 1. The summed E-state index contributed by atoms with van der Waals surface area (Å²) in [6, 6.07) is 0. The van der Waals surface area contributed by atoms with Crippen LogP contribution < -0.4 is 0 Å². The molecule has 2 fully saturated rings. The van der Waals surface area contributed by atoms with Gasteiger partial charge in [0.1, 0.15) is 0 Å². The maximum absolute atomic E-state index is 9.64. The summed E-state index contributed by atoms with van der Waals surface area (Å²) in [6.45, 7) is 5.57. The standard InChI is InChI=1S/C8H15NO/c1-2-9-4-3-8(10)5-7(8)6-9/h7,10H,2-6H2,1H3/t7-,8+/m0/s1. The maximum Gasteiger partial charge on any atom is 0.0705 e. The highest BCUT2D eigenvalue weighted by Crippen LogP contribution is 2.49. The van der Waals surface area contributed by atoms with Crippen molar-refractivity contribution in [1.82, 2.24) is 4.90 Å². The molecule has 0 aromatic rings. The molecule has 0 spiro atoms. The Hall–Kier alpha value is -0.0800. The van der Waals surface area contributed by atoms with Crippen molar-refractivity contribution in [2.75, 3.05) is 19.6 Å². The van der Waals surface area contributed by atoms with Crippen LogP contribution in [0.3, 0.4) is 0 Å². The average Bonchev–Trinajstić information content (AvgIpc) is 2.59.